The normalized spacial score (nSPS) is 10.8. The van der Waals surface area contributed by atoms with Crippen molar-refractivity contribution in [2.24, 2.45) is 12.9 Å². The molecule has 0 amide bonds. The molecule has 0 unspecified atom stereocenters. The van der Waals surface area contributed by atoms with Crippen LogP contribution in [0.4, 0.5) is 11.6 Å². The van der Waals surface area contributed by atoms with Crippen molar-refractivity contribution in [1.29, 1.82) is 0 Å². The Morgan fingerprint density at radius 2 is 2.26 bits per heavy atom. The average Bonchev–Trinajstić information content (AvgIpc) is 3.04. The monoisotopic (exact) mass is 258 g/mol. The second-order valence-electron chi connectivity index (χ2n) is 4.08. The van der Waals surface area contributed by atoms with Gasteiger partial charge in [0.2, 0.25) is 0 Å². The average molecular weight is 258 g/mol. The van der Waals surface area contributed by atoms with E-state index in [1.807, 2.05) is 23.7 Å². The lowest BCUT2D eigenvalue weighted by atomic mass is 10.4. The van der Waals surface area contributed by atoms with Crippen LogP contribution in [0, 0.1) is 0 Å². The smallest absolute Gasteiger partial charge is 0.180 e. The molecule has 19 heavy (non-hydrogen) atoms. The first-order valence-corrected chi connectivity index (χ1v) is 5.79. The van der Waals surface area contributed by atoms with Crippen LogP contribution in [0.5, 0.6) is 0 Å². The molecule has 0 bridgehead atoms. The summed E-state index contributed by atoms with van der Waals surface area (Å²) in [5.74, 6) is 6.64. The lowest BCUT2D eigenvalue weighted by Crippen LogP contribution is -2.12. The second-order valence-corrected chi connectivity index (χ2v) is 4.08. The Labute approximate surface area is 109 Å². The highest BCUT2D eigenvalue weighted by Crippen LogP contribution is 2.16. The Balaban J connectivity index is 1.91. The summed E-state index contributed by atoms with van der Waals surface area (Å²) in [6, 6.07) is 1.95. The van der Waals surface area contributed by atoms with Crippen LogP contribution in [0.3, 0.4) is 0 Å². The number of nitrogens with two attached hydrogens (primary N) is 1. The van der Waals surface area contributed by atoms with Gasteiger partial charge in [0.15, 0.2) is 17.3 Å². The fourth-order valence-corrected chi connectivity index (χ4v) is 1.87. The second kappa shape index (κ2) is 4.58. The molecule has 0 fully saturated rings. The van der Waals surface area contributed by atoms with Gasteiger partial charge < -0.3 is 15.1 Å². The number of imidazole rings is 1. The third-order valence-corrected chi connectivity index (χ3v) is 2.88. The lowest BCUT2D eigenvalue weighted by Gasteiger charge is -2.09. The quantitative estimate of drug-likeness (QED) is 0.462. The summed E-state index contributed by atoms with van der Waals surface area (Å²) in [7, 11) is 1.90. The molecular formula is C11H14N8. The molecule has 0 atom stereocenters. The molecule has 0 saturated heterocycles. The first-order chi connectivity index (χ1) is 9.28. The van der Waals surface area contributed by atoms with E-state index in [0.717, 1.165) is 11.3 Å². The van der Waals surface area contributed by atoms with E-state index in [1.54, 1.807) is 23.3 Å². The maximum absolute atomic E-state index is 5.41. The van der Waals surface area contributed by atoms with E-state index in [1.165, 1.54) is 0 Å². The van der Waals surface area contributed by atoms with Crippen LogP contribution < -0.4 is 16.6 Å². The van der Waals surface area contributed by atoms with Crippen LogP contribution in [-0.4, -0.2) is 24.1 Å². The molecule has 3 rings (SSSR count). The Kier molecular flexibility index (Phi) is 2.76. The third-order valence-electron chi connectivity index (χ3n) is 2.88. The van der Waals surface area contributed by atoms with Crippen molar-refractivity contribution in [3.8, 4) is 0 Å². The SMILES string of the molecule is Cn1nccc1CNc1nc(NN)cn2ccnc12. The van der Waals surface area contributed by atoms with Gasteiger partial charge in [-0.3, -0.25) is 4.68 Å². The van der Waals surface area contributed by atoms with Crippen LogP contribution in [0.15, 0.2) is 30.9 Å². The number of hydrogen-bond donors (Lipinski definition) is 3. The van der Waals surface area contributed by atoms with Gasteiger partial charge in [-0.2, -0.15) is 5.10 Å². The van der Waals surface area contributed by atoms with E-state index in [4.69, 9.17) is 5.84 Å². The zero-order chi connectivity index (χ0) is 13.2. The van der Waals surface area contributed by atoms with E-state index in [-0.39, 0.29) is 0 Å². The van der Waals surface area contributed by atoms with E-state index < -0.39 is 0 Å². The summed E-state index contributed by atoms with van der Waals surface area (Å²) in [4.78, 5) is 8.62. The predicted octanol–water partition coefficient (Wildman–Crippen LogP) is 0.360. The fourth-order valence-electron chi connectivity index (χ4n) is 1.87. The van der Waals surface area contributed by atoms with Crippen LogP contribution in [0.2, 0.25) is 0 Å². The van der Waals surface area contributed by atoms with Crippen LogP contribution in [0.25, 0.3) is 5.65 Å². The molecule has 0 saturated carbocycles. The maximum Gasteiger partial charge on any atom is 0.180 e. The van der Waals surface area contributed by atoms with Crippen LogP contribution in [-0.2, 0) is 13.6 Å². The van der Waals surface area contributed by atoms with Crippen molar-refractivity contribution in [2.45, 2.75) is 6.54 Å². The number of aryl methyl sites for hydroxylation is 1. The van der Waals surface area contributed by atoms with Gasteiger partial charge in [0, 0.05) is 25.6 Å². The largest absolute Gasteiger partial charge is 0.361 e. The van der Waals surface area contributed by atoms with Crippen molar-refractivity contribution in [3.63, 3.8) is 0 Å². The number of nitrogen functional groups attached to an aromatic ring is 1. The van der Waals surface area contributed by atoms with Crippen molar-refractivity contribution < 1.29 is 0 Å². The summed E-state index contributed by atoms with van der Waals surface area (Å²) >= 11 is 0. The molecule has 8 nitrogen and oxygen atoms in total. The number of fused-ring (bicyclic) bond motifs is 1. The summed E-state index contributed by atoms with van der Waals surface area (Å²) in [6.07, 6.45) is 7.09. The summed E-state index contributed by atoms with van der Waals surface area (Å²) in [5.41, 5.74) is 4.34. The van der Waals surface area contributed by atoms with E-state index in [9.17, 15) is 0 Å². The van der Waals surface area contributed by atoms with Crippen LogP contribution >= 0.6 is 0 Å². The molecule has 0 aliphatic heterocycles. The van der Waals surface area contributed by atoms with Crippen molar-refractivity contribution >= 4 is 17.3 Å². The van der Waals surface area contributed by atoms with Gasteiger partial charge in [-0.05, 0) is 6.07 Å². The van der Waals surface area contributed by atoms with Crippen molar-refractivity contribution in [1.82, 2.24) is 24.1 Å². The molecular weight excluding hydrogens is 244 g/mol. The minimum Gasteiger partial charge on any atom is -0.361 e. The van der Waals surface area contributed by atoms with Gasteiger partial charge in [-0.25, -0.2) is 15.8 Å². The van der Waals surface area contributed by atoms with Crippen molar-refractivity contribution in [2.75, 3.05) is 10.7 Å². The summed E-state index contributed by atoms with van der Waals surface area (Å²) in [5, 5.41) is 7.36. The number of rotatable bonds is 4. The summed E-state index contributed by atoms with van der Waals surface area (Å²) < 4.78 is 3.66. The van der Waals surface area contributed by atoms with Gasteiger partial charge in [0.05, 0.1) is 18.4 Å². The number of hydrogen-bond acceptors (Lipinski definition) is 6. The highest BCUT2D eigenvalue weighted by Gasteiger charge is 2.07. The molecule has 0 aliphatic carbocycles. The first kappa shape index (κ1) is 11.5. The van der Waals surface area contributed by atoms with Crippen LogP contribution in [0.1, 0.15) is 5.69 Å². The number of nitrogens with zero attached hydrogens (tertiary/aromatic N) is 5. The summed E-state index contributed by atoms with van der Waals surface area (Å²) in [6.45, 7) is 0.611. The third kappa shape index (κ3) is 2.08. The topological polar surface area (TPSA) is 98.1 Å². The van der Waals surface area contributed by atoms with Gasteiger partial charge in [-0.15, -0.1) is 0 Å². The minimum absolute atomic E-state index is 0.568. The van der Waals surface area contributed by atoms with E-state index >= 15 is 0 Å². The molecule has 4 N–H and O–H groups in total. The van der Waals surface area contributed by atoms with Gasteiger partial charge in [0.25, 0.3) is 0 Å². The Morgan fingerprint density at radius 1 is 1.37 bits per heavy atom. The van der Waals surface area contributed by atoms with Crippen molar-refractivity contribution in [3.05, 3.63) is 36.5 Å². The standard InChI is InChI=1S/C11H14N8/c1-18-8(2-3-15-18)6-14-10-11-13-4-5-19(11)7-9(16-10)17-12/h2-5,7,17H,6,12H2,1H3,(H,14,16). The maximum atomic E-state index is 5.41. The Bertz CT molecular complexity index is 698. The molecule has 3 heterocycles. The van der Waals surface area contributed by atoms with E-state index in [0.29, 0.717) is 18.2 Å². The predicted molar refractivity (Wildman–Crippen MR) is 71.3 cm³/mol. The first-order valence-electron chi connectivity index (χ1n) is 5.79. The lowest BCUT2D eigenvalue weighted by molar-refractivity contribution is 0.720. The molecule has 0 radical (unpaired) electrons. The number of anilines is 2. The minimum atomic E-state index is 0.568. The Hall–Kier alpha value is -2.61. The number of nitrogens with one attached hydrogen (secondary N) is 2. The molecule has 98 valence electrons. The molecule has 0 spiro atoms. The zero-order valence-corrected chi connectivity index (χ0v) is 10.4. The molecule has 0 aliphatic rings. The fraction of sp³-hybridized carbons (Fsp3) is 0.182. The van der Waals surface area contributed by atoms with Gasteiger partial charge in [0.1, 0.15) is 0 Å². The number of hydrazine groups is 1. The highest BCUT2D eigenvalue weighted by molar-refractivity contribution is 5.65. The molecule has 8 heteroatoms. The van der Waals surface area contributed by atoms with Gasteiger partial charge >= 0.3 is 0 Å². The number of aromatic nitrogens is 5. The van der Waals surface area contributed by atoms with E-state index in [2.05, 4.69) is 25.8 Å². The van der Waals surface area contributed by atoms with Gasteiger partial charge in [-0.1, -0.05) is 0 Å². The highest BCUT2D eigenvalue weighted by atomic mass is 15.3. The molecule has 3 aromatic heterocycles. The zero-order valence-electron chi connectivity index (χ0n) is 10.4. The molecule has 3 aromatic rings. The molecule has 0 aromatic carbocycles. The Morgan fingerprint density at radius 3 is 3.00 bits per heavy atom.